The standard InChI is InChI=1S/C23H23NO4/c1-14-19(21(26)18-8-6-5-7-17(18)20(14)25)13-15-9-11-16(12-10-15)24-22(27)28-23(2,3)4/h5-12H,13H2,1-4H3,(H,24,27). The van der Waals surface area contributed by atoms with Crippen LogP contribution in [0.4, 0.5) is 10.5 Å². The van der Waals surface area contributed by atoms with E-state index in [1.165, 1.54) is 0 Å². The van der Waals surface area contributed by atoms with Crippen LogP contribution in [0.1, 0.15) is 54.0 Å². The van der Waals surface area contributed by atoms with E-state index in [1.54, 1.807) is 64.1 Å². The number of ketones is 2. The monoisotopic (exact) mass is 377 g/mol. The topological polar surface area (TPSA) is 72.5 Å². The summed E-state index contributed by atoms with van der Waals surface area (Å²) in [6, 6.07) is 14.0. The number of carbonyl (C=O) groups is 3. The number of carbonyl (C=O) groups excluding carboxylic acids is 3. The zero-order chi connectivity index (χ0) is 20.5. The van der Waals surface area contributed by atoms with Crippen LogP contribution in [0.25, 0.3) is 0 Å². The van der Waals surface area contributed by atoms with E-state index in [0.717, 1.165) is 5.56 Å². The van der Waals surface area contributed by atoms with Crippen molar-refractivity contribution < 1.29 is 19.1 Å². The summed E-state index contributed by atoms with van der Waals surface area (Å²) >= 11 is 0. The summed E-state index contributed by atoms with van der Waals surface area (Å²) in [4.78, 5) is 37.3. The number of allylic oxidation sites excluding steroid dienone is 2. The summed E-state index contributed by atoms with van der Waals surface area (Å²) in [5.41, 5.74) is 2.82. The lowest BCUT2D eigenvalue weighted by molar-refractivity contribution is 0.0635. The summed E-state index contributed by atoms with van der Waals surface area (Å²) in [7, 11) is 0. The van der Waals surface area contributed by atoms with Gasteiger partial charge in [0.2, 0.25) is 0 Å². The lowest BCUT2D eigenvalue weighted by atomic mass is 9.82. The molecule has 1 amide bonds. The lowest BCUT2D eigenvalue weighted by Crippen LogP contribution is -2.27. The van der Waals surface area contributed by atoms with Gasteiger partial charge in [-0.1, -0.05) is 36.4 Å². The van der Waals surface area contributed by atoms with Crippen molar-refractivity contribution in [3.63, 3.8) is 0 Å². The van der Waals surface area contributed by atoms with E-state index in [0.29, 0.717) is 34.4 Å². The Kier molecular flexibility index (Phi) is 5.18. The molecule has 0 spiro atoms. The number of nitrogens with one attached hydrogen (secondary N) is 1. The molecule has 2 aromatic carbocycles. The van der Waals surface area contributed by atoms with Crippen LogP contribution in [0.2, 0.25) is 0 Å². The van der Waals surface area contributed by atoms with Gasteiger partial charge in [0, 0.05) is 34.4 Å². The van der Waals surface area contributed by atoms with Gasteiger partial charge in [-0.3, -0.25) is 14.9 Å². The number of benzene rings is 2. The molecule has 5 nitrogen and oxygen atoms in total. The number of Topliss-reactive ketones (excluding diaryl/α,β-unsaturated/α-hetero) is 2. The minimum atomic E-state index is -0.571. The number of amides is 1. The molecule has 0 aromatic heterocycles. The summed E-state index contributed by atoms with van der Waals surface area (Å²) in [5, 5.41) is 2.67. The molecule has 144 valence electrons. The van der Waals surface area contributed by atoms with Gasteiger partial charge < -0.3 is 4.74 Å². The number of rotatable bonds is 3. The predicted octanol–water partition coefficient (Wildman–Crippen LogP) is 4.97. The highest BCUT2D eigenvalue weighted by Gasteiger charge is 2.29. The highest BCUT2D eigenvalue weighted by Crippen LogP contribution is 2.28. The molecule has 0 radical (unpaired) electrons. The van der Waals surface area contributed by atoms with E-state index in [9.17, 15) is 14.4 Å². The van der Waals surface area contributed by atoms with Gasteiger partial charge in [-0.05, 0) is 45.4 Å². The number of fused-ring (bicyclic) bond motifs is 1. The molecule has 2 aromatic rings. The molecule has 0 saturated heterocycles. The number of hydrogen-bond acceptors (Lipinski definition) is 4. The number of hydrogen-bond donors (Lipinski definition) is 1. The zero-order valence-electron chi connectivity index (χ0n) is 16.5. The zero-order valence-corrected chi connectivity index (χ0v) is 16.5. The van der Waals surface area contributed by atoms with E-state index in [1.807, 2.05) is 12.1 Å². The molecule has 28 heavy (non-hydrogen) atoms. The van der Waals surface area contributed by atoms with Crippen molar-refractivity contribution in [1.29, 1.82) is 0 Å². The Morgan fingerprint density at radius 1 is 0.929 bits per heavy atom. The summed E-state index contributed by atoms with van der Waals surface area (Å²) in [5.74, 6) is -0.211. The van der Waals surface area contributed by atoms with Crippen molar-refractivity contribution in [1.82, 2.24) is 0 Å². The van der Waals surface area contributed by atoms with Gasteiger partial charge in [0.25, 0.3) is 0 Å². The van der Waals surface area contributed by atoms with Gasteiger partial charge in [0.05, 0.1) is 0 Å². The predicted molar refractivity (Wildman–Crippen MR) is 108 cm³/mol. The van der Waals surface area contributed by atoms with Gasteiger partial charge in [-0.25, -0.2) is 4.79 Å². The summed E-state index contributed by atoms with van der Waals surface area (Å²) in [6.45, 7) is 7.09. The first-order valence-corrected chi connectivity index (χ1v) is 9.13. The van der Waals surface area contributed by atoms with Crippen LogP contribution in [-0.4, -0.2) is 23.3 Å². The van der Waals surface area contributed by atoms with E-state index in [-0.39, 0.29) is 11.6 Å². The third-order valence-electron chi connectivity index (χ3n) is 4.46. The average molecular weight is 377 g/mol. The van der Waals surface area contributed by atoms with Crippen LogP contribution in [0.15, 0.2) is 59.7 Å². The second-order valence-corrected chi connectivity index (χ2v) is 7.81. The molecular formula is C23H23NO4. The Bertz CT molecular complexity index is 978. The normalized spacial score (nSPS) is 14.0. The molecule has 0 saturated carbocycles. The molecule has 0 bridgehead atoms. The Hall–Kier alpha value is -3.21. The number of anilines is 1. The van der Waals surface area contributed by atoms with Gasteiger partial charge in [0.15, 0.2) is 11.6 Å². The highest BCUT2D eigenvalue weighted by molar-refractivity contribution is 6.26. The Labute approximate surface area is 164 Å². The van der Waals surface area contributed by atoms with Gasteiger partial charge in [0.1, 0.15) is 5.60 Å². The molecule has 5 heteroatoms. The SMILES string of the molecule is CC1=C(Cc2ccc(NC(=O)OC(C)(C)C)cc2)C(=O)c2ccccc2C1=O. The van der Waals surface area contributed by atoms with Crippen LogP contribution in [0.3, 0.4) is 0 Å². The fourth-order valence-electron chi connectivity index (χ4n) is 3.10. The van der Waals surface area contributed by atoms with Gasteiger partial charge >= 0.3 is 6.09 Å². The van der Waals surface area contributed by atoms with Crippen molar-refractivity contribution in [3.8, 4) is 0 Å². The maximum Gasteiger partial charge on any atom is 0.412 e. The first-order valence-electron chi connectivity index (χ1n) is 9.13. The maximum atomic E-state index is 12.8. The van der Waals surface area contributed by atoms with Crippen LogP contribution in [0.5, 0.6) is 0 Å². The second kappa shape index (κ2) is 7.43. The molecule has 0 unspecified atom stereocenters. The van der Waals surface area contributed by atoms with E-state index in [4.69, 9.17) is 4.74 Å². The van der Waals surface area contributed by atoms with E-state index >= 15 is 0 Å². The van der Waals surface area contributed by atoms with Crippen LogP contribution in [-0.2, 0) is 11.2 Å². The first kappa shape index (κ1) is 19.5. The van der Waals surface area contributed by atoms with Crippen molar-refractivity contribution in [3.05, 3.63) is 76.4 Å². The fraction of sp³-hybridized carbons (Fsp3) is 0.261. The van der Waals surface area contributed by atoms with E-state index in [2.05, 4.69) is 5.32 Å². The van der Waals surface area contributed by atoms with Crippen LogP contribution >= 0.6 is 0 Å². The smallest absolute Gasteiger partial charge is 0.412 e. The Morgan fingerprint density at radius 3 is 2.07 bits per heavy atom. The lowest BCUT2D eigenvalue weighted by Gasteiger charge is -2.20. The molecule has 1 N–H and O–H groups in total. The second-order valence-electron chi connectivity index (χ2n) is 7.81. The molecule has 1 aliphatic carbocycles. The molecule has 3 rings (SSSR count). The maximum absolute atomic E-state index is 12.8. The molecule has 1 aliphatic rings. The van der Waals surface area contributed by atoms with Crippen molar-refractivity contribution >= 4 is 23.3 Å². The molecular weight excluding hydrogens is 354 g/mol. The Morgan fingerprint density at radius 2 is 1.50 bits per heavy atom. The van der Waals surface area contributed by atoms with Crippen molar-refractivity contribution in [2.75, 3.05) is 5.32 Å². The van der Waals surface area contributed by atoms with E-state index < -0.39 is 11.7 Å². The molecule has 0 fully saturated rings. The largest absolute Gasteiger partial charge is 0.444 e. The highest BCUT2D eigenvalue weighted by atomic mass is 16.6. The molecule has 0 heterocycles. The van der Waals surface area contributed by atoms with Gasteiger partial charge in [-0.15, -0.1) is 0 Å². The number of ether oxygens (including phenoxy) is 1. The summed E-state index contributed by atoms with van der Waals surface area (Å²) < 4.78 is 5.23. The third kappa shape index (κ3) is 4.19. The minimum Gasteiger partial charge on any atom is -0.444 e. The molecule has 0 aliphatic heterocycles. The van der Waals surface area contributed by atoms with Crippen molar-refractivity contribution in [2.24, 2.45) is 0 Å². The average Bonchev–Trinajstić information content (AvgIpc) is 2.63. The van der Waals surface area contributed by atoms with Gasteiger partial charge in [-0.2, -0.15) is 0 Å². The van der Waals surface area contributed by atoms with Crippen LogP contribution < -0.4 is 5.32 Å². The fourth-order valence-corrected chi connectivity index (χ4v) is 3.10. The third-order valence-corrected chi connectivity index (χ3v) is 4.46. The molecule has 0 atom stereocenters. The quantitative estimate of drug-likeness (QED) is 0.819. The first-order chi connectivity index (χ1) is 13.2. The minimum absolute atomic E-state index is 0.103. The van der Waals surface area contributed by atoms with Crippen LogP contribution in [0, 0.1) is 0 Å². The summed E-state index contributed by atoms with van der Waals surface area (Å²) in [6.07, 6.45) is -0.166. The van der Waals surface area contributed by atoms with Crippen molar-refractivity contribution in [2.45, 2.75) is 39.7 Å². The Balaban J connectivity index is 1.76.